The molecule has 4 N–H and O–H groups in total. The number of carbonyl (C=O) groups excluding carboxylic acids is 1. The molecule has 0 saturated carbocycles. The van der Waals surface area contributed by atoms with Crippen LogP contribution in [-0.4, -0.2) is 63.2 Å². The van der Waals surface area contributed by atoms with Crippen LogP contribution in [0.15, 0.2) is 24.3 Å². The number of aliphatic hydroxyl groups is 4. The molecule has 0 aliphatic carbocycles. The summed E-state index contributed by atoms with van der Waals surface area (Å²) in [4.78, 5) is 12.3. The molecule has 33 heavy (non-hydrogen) atoms. The van der Waals surface area contributed by atoms with Crippen molar-refractivity contribution < 1.29 is 34.7 Å². The molecule has 0 aromatic rings. The Morgan fingerprint density at radius 2 is 1.48 bits per heavy atom. The largest absolute Gasteiger partial charge is 0.430 e. The van der Waals surface area contributed by atoms with Gasteiger partial charge in [0.2, 0.25) is 5.79 Å². The van der Waals surface area contributed by atoms with Gasteiger partial charge in [0.05, 0.1) is 6.61 Å². The molecule has 0 aromatic heterocycles. The highest BCUT2D eigenvalue weighted by Crippen LogP contribution is 2.34. The average Bonchev–Trinajstić information content (AvgIpc) is 2.82. The van der Waals surface area contributed by atoms with Gasteiger partial charge >= 0.3 is 5.97 Å². The molecule has 1 fully saturated rings. The fourth-order valence-electron chi connectivity index (χ4n) is 3.98. The molecule has 1 heterocycles. The third-order valence-corrected chi connectivity index (χ3v) is 6.15. The van der Waals surface area contributed by atoms with Crippen LogP contribution in [0.2, 0.25) is 0 Å². The molecule has 7 nitrogen and oxygen atoms in total. The molecule has 1 aliphatic heterocycles. The van der Waals surface area contributed by atoms with Crippen molar-refractivity contribution in [2.75, 3.05) is 6.61 Å². The lowest BCUT2D eigenvalue weighted by Crippen LogP contribution is -2.66. The van der Waals surface area contributed by atoms with Gasteiger partial charge in [-0.05, 0) is 38.5 Å². The molecule has 7 heteroatoms. The van der Waals surface area contributed by atoms with Crippen LogP contribution in [0.4, 0.5) is 0 Å². The van der Waals surface area contributed by atoms with E-state index in [1.807, 2.05) is 0 Å². The van der Waals surface area contributed by atoms with Crippen molar-refractivity contribution in [1.82, 2.24) is 0 Å². The first-order chi connectivity index (χ1) is 15.9. The van der Waals surface area contributed by atoms with Crippen molar-refractivity contribution >= 4 is 5.97 Å². The van der Waals surface area contributed by atoms with Gasteiger partial charge in [0.1, 0.15) is 24.4 Å². The van der Waals surface area contributed by atoms with Crippen molar-refractivity contribution in [2.24, 2.45) is 0 Å². The maximum atomic E-state index is 12.3. The number of rotatable bonds is 17. The highest BCUT2D eigenvalue weighted by molar-refractivity contribution is 5.69. The lowest BCUT2D eigenvalue weighted by atomic mass is 9.91. The number of carbonyl (C=O) groups is 1. The Balaban J connectivity index is 2.17. The molecule has 0 spiro atoms. The molecule has 5 atom stereocenters. The zero-order chi connectivity index (χ0) is 24.5. The van der Waals surface area contributed by atoms with Gasteiger partial charge in [-0.15, -0.1) is 0 Å². The van der Waals surface area contributed by atoms with Crippen molar-refractivity contribution in [3.63, 3.8) is 0 Å². The summed E-state index contributed by atoms with van der Waals surface area (Å²) in [5, 5.41) is 39.6. The number of ether oxygens (including phenoxy) is 2. The predicted octanol–water partition coefficient (Wildman–Crippen LogP) is 3.92. The van der Waals surface area contributed by atoms with Gasteiger partial charge in [-0.1, -0.05) is 70.3 Å². The Kier molecular flexibility index (Phi) is 15.5. The Morgan fingerprint density at radius 1 is 0.879 bits per heavy atom. The fraction of sp³-hybridized carbons (Fsp3) is 0.808. The van der Waals surface area contributed by atoms with Crippen LogP contribution in [0.5, 0.6) is 0 Å². The maximum Gasteiger partial charge on any atom is 0.308 e. The summed E-state index contributed by atoms with van der Waals surface area (Å²) in [6.07, 6.45) is 15.4. The summed E-state index contributed by atoms with van der Waals surface area (Å²) < 4.78 is 10.9. The topological polar surface area (TPSA) is 116 Å². The summed E-state index contributed by atoms with van der Waals surface area (Å²) in [5.41, 5.74) is 0. The molecule has 1 unspecified atom stereocenters. The summed E-state index contributed by atoms with van der Waals surface area (Å²) >= 11 is 0. The molecule has 0 amide bonds. The number of hydrogen-bond donors (Lipinski definition) is 4. The van der Waals surface area contributed by atoms with Gasteiger partial charge in [0.15, 0.2) is 0 Å². The van der Waals surface area contributed by atoms with Crippen LogP contribution in [0.3, 0.4) is 0 Å². The van der Waals surface area contributed by atoms with Gasteiger partial charge in [0, 0.05) is 12.8 Å². The smallest absolute Gasteiger partial charge is 0.308 e. The standard InChI is InChI=1S/C26H46O7/c1-3-5-6-7-8-9-10-11-12-13-14-15-16-17-18-19-22(28)33-26(4-2)25(31)24(30)23(29)21(20-27)32-26/h8-9,11-12,21,23-25,27,29-31H,3-7,10,13-20H2,1-2H3/t21-,23-,24+,25-,26?/m1/s1. The number of unbranched alkanes of at least 4 members (excludes halogenated alkanes) is 8. The van der Waals surface area contributed by atoms with Crippen molar-refractivity contribution in [3.8, 4) is 0 Å². The van der Waals surface area contributed by atoms with Crippen LogP contribution < -0.4 is 0 Å². The first-order valence-corrected chi connectivity index (χ1v) is 12.8. The highest BCUT2D eigenvalue weighted by Gasteiger charge is 2.55. The summed E-state index contributed by atoms with van der Waals surface area (Å²) in [6, 6.07) is 0. The molecule has 1 saturated heterocycles. The molecule has 0 bridgehead atoms. The monoisotopic (exact) mass is 470 g/mol. The van der Waals surface area contributed by atoms with Gasteiger partial charge < -0.3 is 29.9 Å². The van der Waals surface area contributed by atoms with Crippen LogP contribution in [-0.2, 0) is 14.3 Å². The molecule has 0 radical (unpaired) electrons. The summed E-state index contributed by atoms with van der Waals surface area (Å²) in [7, 11) is 0. The van der Waals surface area contributed by atoms with E-state index in [9.17, 15) is 25.2 Å². The average molecular weight is 471 g/mol. The maximum absolute atomic E-state index is 12.3. The molecular formula is C26H46O7. The van der Waals surface area contributed by atoms with E-state index in [4.69, 9.17) is 9.47 Å². The van der Waals surface area contributed by atoms with Gasteiger partial charge in [-0.25, -0.2) is 0 Å². The summed E-state index contributed by atoms with van der Waals surface area (Å²) in [6.45, 7) is 3.30. The van der Waals surface area contributed by atoms with E-state index in [-0.39, 0.29) is 12.8 Å². The molecule has 192 valence electrons. The number of allylic oxidation sites excluding steroid dienone is 4. The lowest BCUT2D eigenvalue weighted by molar-refractivity contribution is -0.352. The second-order valence-electron chi connectivity index (χ2n) is 8.89. The molecule has 1 aliphatic rings. The highest BCUT2D eigenvalue weighted by atomic mass is 16.7. The van der Waals surface area contributed by atoms with Crippen LogP contribution in [0.1, 0.15) is 97.3 Å². The Labute approximate surface area is 199 Å². The fourth-order valence-corrected chi connectivity index (χ4v) is 3.98. The number of esters is 1. The van der Waals surface area contributed by atoms with Crippen molar-refractivity contribution in [2.45, 2.75) is 128 Å². The quantitative estimate of drug-likeness (QED) is 0.145. The van der Waals surface area contributed by atoms with E-state index in [2.05, 4.69) is 31.2 Å². The Morgan fingerprint density at radius 3 is 2.09 bits per heavy atom. The first kappa shape index (κ1) is 29.8. The van der Waals surface area contributed by atoms with Crippen LogP contribution in [0.25, 0.3) is 0 Å². The van der Waals surface area contributed by atoms with Gasteiger partial charge in [0.25, 0.3) is 0 Å². The molecule has 0 aromatic carbocycles. The minimum absolute atomic E-state index is 0.0857. The van der Waals surface area contributed by atoms with E-state index < -0.39 is 42.8 Å². The van der Waals surface area contributed by atoms with Gasteiger partial charge in [-0.3, -0.25) is 4.79 Å². The third-order valence-electron chi connectivity index (χ3n) is 6.15. The third kappa shape index (κ3) is 10.7. The Bertz CT molecular complexity index is 575. The molecule has 1 rings (SSSR count). The number of hydrogen-bond acceptors (Lipinski definition) is 7. The predicted molar refractivity (Wildman–Crippen MR) is 128 cm³/mol. The van der Waals surface area contributed by atoms with E-state index in [0.717, 1.165) is 38.5 Å². The lowest BCUT2D eigenvalue weighted by Gasteiger charge is -2.47. The first-order valence-electron chi connectivity index (χ1n) is 12.8. The zero-order valence-electron chi connectivity index (χ0n) is 20.5. The van der Waals surface area contributed by atoms with Crippen molar-refractivity contribution in [1.29, 1.82) is 0 Å². The number of aliphatic hydroxyl groups excluding tert-OH is 4. The SMILES string of the molecule is CCCCCC=CCC=CCCCCCCCC(=O)OC1(CC)O[C@H](CO)[C@@H](O)[C@H](O)[C@H]1O. The normalized spacial score (nSPS) is 28.1. The molecular weight excluding hydrogens is 424 g/mol. The van der Waals surface area contributed by atoms with E-state index in [0.29, 0.717) is 6.42 Å². The van der Waals surface area contributed by atoms with Crippen molar-refractivity contribution in [3.05, 3.63) is 24.3 Å². The van der Waals surface area contributed by atoms with E-state index in [1.165, 1.54) is 25.7 Å². The van der Waals surface area contributed by atoms with Crippen LogP contribution in [0, 0.1) is 0 Å². The van der Waals surface area contributed by atoms with E-state index >= 15 is 0 Å². The minimum Gasteiger partial charge on any atom is -0.430 e. The summed E-state index contributed by atoms with van der Waals surface area (Å²) in [5.74, 6) is -2.29. The van der Waals surface area contributed by atoms with E-state index in [1.54, 1.807) is 6.92 Å². The minimum atomic E-state index is -1.76. The zero-order valence-corrected chi connectivity index (χ0v) is 20.5. The second kappa shape index (κ2) is 17.2. The second-order valence-corrected chi connectivity index (χ2v) is 8.89. The Hall–Kier alpha value is -1.25. The van der Waals surface area contributed by atoms with Gasteiger partial charge in [-0.2, -0.15) is 0 Å². The van der Waals surface area contributed by atoms with Crippen LogP contribution >= 0.6 is 0 Å².